The molecule has 1 aliphatic rings. The predicted molar refractivity (Wildman–Crippen MR) is 81.9 cm³/mol. The Labute approximate surface area is 133 Å². The molecule has 3 rings (SSSR count). The molecule has 8 heteroatoms. The van der Waals surface area contributed by atoms with E-state index in [-0.39, 0.29) is 23.9 Å². The second-order valence-corrected chi connectivity index (χ2v) is 7.19. The van der Waals surface area contributed by atoms with E-state index in [4.69, 9.17) is 0 Å². The van der Waals surface area contributed by atoms with Gasteiger partial charge in [0.05, 0.1) is 10.5 Å². The standard InChI is InChI=1S/C15H16FN3O3S/c16-13-1-3-14(4-2-13)23(21,22)19-9-7-18(8-10-19)15(20)12-5-6-17-11-12/h1-6,11,17H,7-10H2. The van der Waals surface area contributed by atoms with Crippen molar-refractivity contribution >= 4 is 15.9 Å². The Morgan fingerprint density at radius 3 is 2.26 bits per heavy atom. The van der Waals surface area contributed by atoms with Crippen LogP contribution in [0.2, 0.25) is 0 Å². The molecule has 0 atom stereocenters. The summed E-state index contributed by atoms with van der Waals surface area (Å²) in [5.74, 6) is -0.601. The Kier molecular flexibility index (Phi) is 4.18. The van der Waals surface area contributed by atoms with Gasteiger partial charge in [-0.15, -0.1) is 0 Å². The zero-order valence-electron chi connectivity index (χ0n) is 12.3. The van der Waals surface area contributed by atoms with E-state index in [9.17, 15) is 17.6 Å². The predicted octanol–water partition coefficient (Wildman–Crippen LogP) is 1.30. The fourth-order valence-electron chi connectivity index (χ4n) is 2.53. The van der Waals surface area contributed by atoms with Crippen molar-refractivity contribution in [2.45, 2.75) is 4.90 Å². The van der Waals surface area contributed by atoms with Gasteiger partial charge >= 0.3 is 0 Å². The molecule has 1 aliphatic heterocycles. The lowest BCUT2D eigenvalue weighted by Gasteiger charge is -2.33. The zero-order valence-corrected chi connectivity index (χ0v) is 13.1. The highest BCUT2D eigenvalue weighted by atomic mass is 32.2. The Bertz CT molecular complexity index is 780. The molecule has 6 nitrogen and oxygen atoms in total. The topological polar surface area (TPSA) is 73.5 Å². The van der Waals surface area contributed by atoms with E-state index in [2.05, 4.69) is 4.98 Å². The largest absolute Gasteiger partial charge is 0.367 e. The first kappa shape index (κ1) is 15.7. The molecule has 1 fully saturated rings. The van der Waals surface area contributed by atoms with Crippen LogP contribution in [0.15, 0.2) is 47.6 Å². The molecule has 0 bridgehead atoms. The molecule has 0 radical (unpaired) electrons. The molecular formula is C15H16FN3O3S. The van der Waals surface area contributed by atoms with Gasteiger partial charge in [-0.2, -0.15) is 4.31 Å². The van der Waals surface area contributed by atoms with Crippen LogP contribution in [0.25, 0.3) is 0 Å². The number of H-pyrrole nitrogens is 1. The van der Waals surface area contributed by atoms with Crippen molar-refractivity contribution < 1.29 is 17.6 Å². The number of nitrogens with zero attached hydrogens (tertiary/aromatic N) is 2. The number of nitrogens with one attached hydrogen (secondary N) is 1. The number of aromatic nitrogens is 1. The minimum absolute atomic E-state index is 0.0595. The molecule has 0 spiro atoms. The molecule has 0 unspecified atom stereocenters. The quantitative estimate of drug-likeness (QED) is 0.917. The van der Waals surface area contributed by atoms with Crippen molar-refractivity contribution in [1.82, 2.24) is 14.2 Å². The van der Waals surface area contributed by atoms with E-state index in [1.807, 2.05) is 0 Å². The summed E-state index contributed by atoms with van der Waals surface area (Å²) >= 11 is 0. The summed E-state index contributed by atoms with van der Waals surface area (Å²) in [6, 6.07) is 6.44. The Morgan fingerprint density at radius 1 is 1.04 bits per heavy atom. The van der Waals surface area contributed by atoms with Crippen molar-refractivity contribution in [2.24, 2.45) is 0 Å². The first-order valence-corrected chi connectivity index (χ1v) is 8.60. The van der Waals surface area contributed by atoms with Crippen LogP contribution in [0, 0.1) is 5.82 Å². The lowest BCUT2D eigenvalue weighted by atomic mass is 10.2. The number of carbonyl (C=O) groups is 1. The highest BCUT2D eigenvalue weighted by Crippen LogP contribution is 2.18. The van der Waals surface area contributed by atoms with Gasteiger partial charge in [0.1, 0.15) is 5.82 Å². The summed E-state index contributed by atoms with van der Waals surface area (Å²) in [6.45, 7) is 1.08. The van der Waals surface area contributed by atoms with Gasteiger partial charge in [-0.3, -0.25) is 4.79 Å². The molecule has 122 valence electrons. The number of aromatic amines is 1. The number of sulfonamides is 1. The number of carbonyl (C=O) groups excluding carboxylic acids is 1. The number of hydrogen-bond donors (Lipinski definition) is 1. The van der Waals surface area contributed by atoms with Crippen LogP contribution in [0.3, 0.4) is 0 Å². The molecule has 2 heterocycles. The van der Waals surface area contributed by atoms with E-state index in [1.54, 1.807) is 23.4 Å². The van der Waals surface area contributed by atoms with Crippen molar-refractivity contribution in [3.63, 3.8) is 0 Å². The van der Waals surface area contributed by atoms with E-state index in [0.717, 1.165) is 12.1 Å². The third kappa shape index (κ3) is 3.13. The molecule has 0 saturated carbocycles. The van der Waals surface area contributed by atoms with Crippen molar-refractivity contribution in [3.05, 3.63) is 54.1 Å². The number of amides is 1. The van der Waals surface area contributed by atoms with Crippen LogP contribution in [-0.4, -0.2) is 54.7 Å². The first-order valence-electron chi connectivity index (χ1n) is 7.16. The molecular weight excluding hydrogens is 321 g/mol. The third-order valence-corrected chi connectivity index (χ3v) is 5.74. The number of hydrogen-bond acceptors (Lipinski definition) is 3. The Morgan fingerprint density at radius 2 is 1.70 bits per heavy atom. The van der Waals surface area contributed by atoms with E-state index in [1.165, 1.54) is 16.4 Å². The number of benzene rings is 1. The lowest BCUT2D eigenvalue weighted by molar-refractivity contribution is 0.0698. The summed E-state index contributed by atoms with van der Waals surface area (Å²) in [7, 11) is -3.66. The van der Waals surface area contributed by atoms with Gasteiger partial charge in [0.2, 0.25) is 10.0 Å². The number of halogens is 1. The van der Waals surface area contributed by atoms with Crippen LogP contribution in [0.5, 0.6) is 0 Å². The van der Waals surface area contributed by atoms with Crippen LogP contribution >= 0.6 is 0 Å². The first-order chi connectivity index (χ1) is 11.0. The summed E-state index contributed by atoms with van der Waals surface area (Å²) in [5.41, 5.74) is 0.555. The lowest BCUT2D eigenvalue weighted by Crippen LogP contribution is -2.50. The van der Waals surface area contributed by atoms with Crippen LogP contribution in [-0.2, 0) is 10.0 Å². The van der Waals surface area contributed by atoms with Crippen LogP contribution in [0.1, 0.15) is 10.4 Å². The Balaban J connectivity index is 1.69. The maximum absolute atomic E-state index is 12.9. The maximum atomic E-state index is 12.9. The van der Waals surface area contributed by atoms with Crippen molar-refractivity contribution in [1.29, 1.82) is 0 Å². The molecule has 1 N–H and O–H groups in total. The molecule has 0 aliphatic carbocycles. The van der Waals surface area contributed by atoms with Crippen molar-refractivity contribution in [2.75, 3.05) is 26.2 Å². The molecule has 23 heavy (non-hydrogen) atoms. The molecule has 1 saturated heterocycles. The third-order valence-electron chi connectivity index (χ3n) is 3.82. The zero-order chi connectivity index (χ0) is 16.4. The van der Waals surface area contributed by atoms with E-state index in [0.29, 0.717) is 18.7 Å². The molecule has 2 aromatic rings. The highest BCUT2D eigenvalue weighted by molar-refractivity contribution is 7.89. The van der Waals surface area contributed by atoms with Gasteiger partial charge in [0.25, 0.3) is 5.91 Å². The molecule has 1 amide bonds. The summed E-state index contributed by atoms with van der Waals surface area (Å²) in [6.07, 6.45) is 3.28. The fraction of sp³-hybridized carbons (Fsp3) is 0.267. The normalized spacial score (nSPS) is 16.5. The Hall–Kier alpha value is -2.19. The second-order valence-electron chi connectivity index (χ2n) is 5.25. The fourth-order valence-corrected chi connectivity index (χ4v) is 3.95. The highest BCUT2D eigenvalue weighted by Gasteiger charge is 2.30. The van der Waals surface area contributed by atoms with Gasteiger partial charge in [-0.05, 0) is 30.3 Å². The van der Waals surface area contributed by atoms with E-state index >= 15 is 0 Å². The van der Waals surface area contributed by atoms with Gasteiger partial charge in [0.15, 0.2) is 0 Å². The minimum Gasteiger partial charge on any atom is -0.367 e. The number of piperazine rings is 1. The smallest absolute Gasteiger partial charge is 0.255 e. The van der Waals surface area contributed by atoms with E-state index < -0.39 is 15.8 Å². The van der Waals surface area contributed by atoms with Crippen molar-refractivity contribution in [3.8, 4) is 0 Å². The maximum Gasteiger partial charge on any atom is 0.255 e. The SMILES string of the molecule is O=C(c1cc[nH]c1)N1CCN(S(=O)(=O)c2ccc(F)cc2)CC1. The van der Waals surface area contributed by atoms with Gasteiger partial charge < -0.3 is 9.88 Å². The van der Waals surface area contributed by atoms with Crippen LogP contribution < -0.4 is 0 Å². The second kappa shape index (κ2) is 6.13. The summed E-state index contributed by atoms with van der Waals surface area (Å²) < 4.78 is 39.3. The minimum atomic E-state index is -3.66. The average molecular weight is 337 g/mol. The average Bonchev–Trinajstić information content (AvgIpc) is 3.09. The molecule has 1 aromatic heterocycles. The number of rotatable bonds is 3. The molecule has 1 aromatic carbocycles. The monoisotopic (exact) mass is 337 g/mol. The van der Waals surface area contributed by atoms with Gasteiger partial charge in [0, 0.05) is 38.6 Å². The van der Waals surface area contributed by atoms with Crippen LogP contribution in [0.4, 0.5) is 4.39 Å². The summed E-state index contributed by atoms with van der Waals surface area (Å²) in [4.78, 5) is 16.7. The summed E-state index contributed by atoms with van der Waals surface area (Å²) in [5, 5.41) is 0. The van der Waals surface area contributed by atoms with Gasteiger partial charge in [-0.1, -0.05) is 0 Å². The van der Waals surface area contributed by atoms with Gasteiger partial charge in [-0.25, -0.2) is 12.8 Å².